The Morgan fingerprint density at radius 3 is 0.617 bits per heavy atom. The number of rotatable bonds is 12. The molecule has 32 nitrogen and oxygen atoms in total. The highest BCUT2D eigenvalue weighted by Crippen LogP contribution is 2.43. The van der Waals surface area contributed by atoms with Gasteiger partial charge in [-0.2, -0.15) is 17.6 Å². The van der Waals surface area contributed by atoms with Crippen LogP contribution in [0.2, 0.25) is 0 Å². The average molecular weight is 2040 g/mol. The zero-order valence-electron chi connectivity index (χ0n) is 85.7. The first-order valence-corrected chi connectivity index (χ1v) is 42.0. The number of ether oxygens (including phenoxy) is 6. The Balaban J connectivity index is 0.00000165. The lowest BCUT2D eigenvalue weighted by Gasteiger charge is -2.27. The maximum Gasteiger partial charge on any atom is 0.414 e. The quantitative estimate of drug-likeness (QED) is 0.0168. The summed E-state index contributed by atoms with van der Waals surface area (Å²) in [5.41, 5.74) is -7.80. The maximum absolute atomic E-state index is 14.9. The van der Waals surface area contributed by atoms with Gasteiger partial charge in [-0.05, 0) is 191 Å². The smallest absolute Gasteiger partial charge is 0.414 e. The van der Waals surface area contributed by atoms with E-state index in [2.05, 4.69) is 16.0 Å². The second-order valence-electron chi connectivity index (χ2n) is 39.6. The van der Waals surface area contributed by atoms with E-state index in [4.69, 9.17) is 34.2 Å². The number of carbonyl (C=O) groups is 8. The van der Waals surface area contributed by atoms with Gasteiger partial charge in [0, 0.05) is 94.2 Å². The Hall–Kier alpha value is -13.3. The lowest BCUT2D eigenvalue weighted by Crippen LogP contribution is -2.35. The second-order valence-corrected chi connectivity index (χ2v) is 39.6. The number of nitrogens with one attached hydrogen (secondary N) is 3. The molecule has 6 rings (SSSR count). The summed E-state index contributed by atoms with van der Waals surface area (Å²) in [4.78, 5) is 125. The molecule has 0 aliphatic heterocycles. The standard InChI is InChI=1S/2C20H30F2N2O3.C14H18F2N2O4.C14H20F2N2O2.C12H12F4N2O4.C6F5NO2.C6H13NO2/c2*1-11-14(21)17(24(9)18(26)27-20(6,7)8)15(22)12(2)16(11)23-13(25)10-19(3,4)5;1-7-9(15)12(10(16)8(2)11(7)18(20)21)17(6)13(19)22-14(3,4)5;1-7-9(15)12(10(16)8(2)11(7)17)18(6)13(19)20-14(3,4)5;1-12(2,3)22-11(19)17(4)9-5(13)7(15)10(18(20)21)8(16)6(9)14;7-1-2(8)4(10)6(12(13)14)5(11)3(1)9;1-6(2,3)9-5(8)7-4/h2*10H2,1-9H3,(H,23,25);1-6H3;17H2,1-6H3;1-4H3;;1-4H3,(H,7,8). The van der Waals surface area contributed by atoms with E-state index in [9.17, 15) is 143 Å². The molecule has 0 fully saturated rings. The zero-order valence-corrected chi connectivity index (χ0v) is 85.7. The van der Waals surface area contributed by atoms with E-state index in [0.717, 1.165) is 42.6 Å². The molecule has 6 aromatic carbocycles. The molecule has 0 bridgehead atoms. The van der Waals surface area contributed by atoms with E-state index < -0.39 is 218 Å². The van der Waals surface area contributed by atoms with Gasteiger partial charge in [0.05, 0.1) is 37.3 Å². The number of nitrogens with two attached hydrogens (primary N) is 1. The Bertz CT molecular complexity index is 5300. The van der Waals surface area contributed by atoms with Crippen LogP contribution in [0.4, 0.5) is 166 Å². The van der Waals surface area contributed by atoms with Crippen molar-refractivity contribution >= 4 is 111 Å². The van der Waals surface area contributed by atoms with Crippen molar-refractivity contribution < 1.29 is 156 Å². The number of nitrogens with zero attached hydrogens (tertiary/aromatic N) is 8. The lowest BCUT2D eigenvalue weighted by atomic mass is 9.91. The third-order valence-electron chi connectivity index (χ3n) is 17.8. The second kappa shape index (κ2) is 49.2. The SMILES string of the molecule is CN(C(=O)OC(C)(C)C)c1c(F)c(F)c([N+](=O)[O-])c(F)c1F.CNC(=O)OC(C)(C)C.Cc1c(F)c(N(C)C(=O)OC(C)(C)C)c(F)c(C)c1NC(=O)CC(C)(C)C.Cc1c(F)c(N(C)C(=O)OC(C)(C)C)c(F)c(C)c1NC(=O)CC(C)(C)C.Cc1c(F)c(N(C)C(=O)OC(C)(C)C)c(F)c(C)c1[N+](=O)[O-].Cc1c(N)c(C)c(F)c(N(C)C(=O)OC(C)(C)C)c1F.O=[N+]([O-])c1c(F)c(F)c(F)c(F)c1F. The Morgan fingerprint density at radius 2 is 0.447 bits per heavy atom. The van der Waals surface area contributed by atoms with Crippen molar-refractivity contribution in [3.63, 3.8) is 0 Å². The van der Waals surface area contributed by atoms with Crippen LogP contribution in [-0.2, 0) is 38.0 Å². The minimum Gasteiger partial charge on any atom is -0.444 e. The highest BCUT2D eigenvalue weighted by Gasteiger charge is 2.41. The van der Waals surface area contributed by atoms with E-state index in [0.29, 0.717) is 4.90 Å². The largest absolute Gasteiger partial charge is 0.444 e. The molecular formula is C92H123F17N12O20. The fourth-order valence-corrected chi connectivity index (χ4v) is 11.2. The first-order chi connectivity index (χ1) is 63.2. The van der Waals surface area contributed by atoms with Crippen LogP contribution in [0.1, 0.15) is 224 Å². The molecule has 6 aromatic rings. The molecular weight excluding hydrogens is 1920 g/mol. The number of hydrogen-bond donors (Lipinski definition) is 4. The third kappa shape index (κ3) is 36.4. The van der Waals surface area contributed by atoms with Gasteiger partial charge in [-0.15, -0.1) is 0 Å². The summed E-state index contributed by atoms with van der Waals surface area (Å²) in [6.45, 7) is 51.9. The molecule has 0 unspecified atom stereocenters. The molecule has 0 heterocycles. The number of alkyl carbamates (subject to hydrolysis) is 1. The van der Waals surface area contributed by atoms with Gasteiger partial charge in [-0.25, -0.2) is 85.8 Å². The predicted molar refractivity (Wildman–Crippen MR) is 494 cm³/mol. The van der Waals surface area contributed by atoms with Gasteiger partial charge in [0.25, 0.3) is 5.69 Å². The van der Waals surface area contributed by atoms with Crippen molar-refractivity contribution in [1.29, 1.82) is 0 Å². The Morgan fingerprint density at radius 1 is 0.277 bits per heavy atom. The number of amides is 8. The number of nitrogen functional groups attached to an aromatic ring is 1. The van der Waals surface area contributed by atoms with Crippen LogP contribution in [0, 0.1) is 195 Å². The number of anilines is 8. The monoisotopic (exact) mass is 2040 g/mol. The number of nitro groups is 3. The summed E-state index contributed by atoms with van der Waals surface area (Å²) >= 11 is 0. The van der Waals surface area contributed by atoms with Crippen molar-refractivity contribution in [3.8, 4) is 0 Å². The highest BCUT2D eigenvalue weighted by molar-refractivity contribution is 5.97. The van der Waals surface area contributed by atoms with Crippen molar-refractivity contribution in [2.45, 2.75) is 268 Å². The van der Waals surface area contributed by atoms with E-state index in [1.54, 1.807) is 83.1 Å². The summed E-state index contributed by atoms with van der Waals surface area (Å²) in [5, 5.41) is 38.8. The topological polar surface area (TPSA) is 400 Å². The molecule has 790 valence electrons. The Labute approximate surface area is 805 Å². The van der Waals surface area contributed by atoms with Crippen LogP contribution in [-0.4, -0.2) is 139 Å². The van der Waals surface area contributed by atoms with E-state index in [1.807, 2.05) is 62.3 Å². The zero-order chi connectivity index (χ0) is 112. The van der Waals surface area contributed by atoms with E-state index >= 15 is 0 Å². The van der Waals surface area contributed by atoms with Gasteiger partial charge >= 0.3 is 47.9 Å². The predicted octanol–water partition coefficient (Wildman–Crippen LogP) is 25.0. The fourth-order valence-electron chi connectivity index (χ4n) is 11.2. The molecule has 5 N–H and O–H groups in total. The third-order valence-corrected chi connectivity index (χ3v) is 17.8. The van der Waals surface area contributed by atoms with Crippen molar-refractivity contribution in [1.82, 2.24) is 5.32 Å². The normalized spacial score (nSPS) is 11.4. The van der Waals surface area contributed by atoms with Gasteiger partial charge < -0.3 is 50.1 Å². The van der Waals surface area contributed by atoms with Crippen molar-refractivity contribution in [2.24, 2.45) is 10.8 Å². The number of benzene rings is 6. The first-order valence-electron chi connectivity index (χ1n) is 42.0. The first kappa shape index (κ1) is 128. The summed E-state index contributed by atoms with van der Waals surface area (Å²) < 4.78 is 263. The van der Waals surface area contributed by atoms with Crippen molar-refractivity contribution in [3.05, 3.63) is 174 Å². The molecule has 49 heteroatoms. The fraction of sp³-hybridized carbons (Fsp3) is 0.522. The Kier molecular flexibility index (Phi) is 44.6. The van der Waals surface area contributed by atoms with E-state index in [1.165, 1.54) is 90.5 Å². The van der Waals surface area contributed by atoms with Gasteiger partial charge in [-0.1, -0.05) is 41.5 Å². The number of carbonyl (C=O) groups excluding carboxylic acids is 8. The number of hydrogen-bond acceptors (Lipinski definition) is 21. The average Bonchev–Trinajstić information content (AvgIpc) is 0.782. The molecule has 8 amide bonds. The van der Waals surface area contributed by atoms with Crippen LogP contribution in [0.15, 0.2) is 0 Å². The van der Waals surface area contributed by atoms with E-state index in [-0.39, 0.29) is 114 Å². The van der Waals surface area contributed by atoms with Gasteiger partial charge in [0.2, 0.25) is 52.5 Å². The molecule has 0 atom stereocenters. The van der Waals surface area contributed by atoms with Crippen LogP contribution in [0.3, 0.4) is 0 Å². The molecule has 0 aliphatic carbocycles. The lowest BCUT2D eigenvalue weighted by molar-refractivity contribution is -0.391. The summed E-state index contributed by atoms with van der Waals surface area (Å²) in [7, 11) is 7.22. The van der Waals surface area contributed by atoms with Crippen LogP contribution < -0.4 is 46.2 Å². The summed E-state index contributed by atoms with van der Waals surface area (Å²) in [5.74, 6) is -29.0. The summed E-state index contributed by atoms with van der Waals surface area (Å²) in [6, 6.07) is 0. The molecule has 0 saturated heterocycles. The molecule has 0 radical (unpaired) electrons. The molecule has 0 saturated carbocycles. The molecule has 0 spiro atoms. The molecule has 0 aromatic heterocycles. The number of nitro benzene ring substituents is 3. The maximum atomic E-state index is 14.9. The van der Waals surface area contributed by atoms with Crippen LogP contribution in [0.25, 0.3) is 0 Å². The molecule has 141 heavy (non-hydrogen) atoms. The van der Waals surface area contributed by atoms with Crippen molar-refractivity contribution in [2.75, 3.05) is 83.2 Å². The minimum absolute atomic E-state index is 0.0429. The molecule has 0 aliphatic rings. The van der Waals surface area contributed by atoms with Gasteiger partial charge in [-0.3, -0.25) is 64.4 Å². The van der Waals surface area contributed by atoms with Crippen LogP contribution in [0.5, 0.6) is 0 Å². The van der Waals surface area contributed by atoms with Crippen LogP contribution >= 0.6 is 0 Å². The van der Waals surface area contributed by atoms with Gasteiger partial charge in [0.1, 0.15) is 62.0 Å². The number of halogens is 17. The minimum atomic E-state index is -2.43. The summed E-state index contributed by atoms with van der Waals surface area (Å²) in [6.07, 6.45) is -4.81. The highest BCUT2D eigenvalue weighted by atomic mass is 19.2. The van der Waals surface area contributed by atoms with Gasteiger partial charge in [0.15, 0.2) is 58.2 Å².